The van der Waals surface area contributed by atoms with Crippen LogP contribution < -0.4 is 4.74 Å². The summed E-state index contributed by atoms with van der Waals surface area (Å²) in [7, 11) is 2.28. The maximum Gasteiger partial charge on any atom is 0.307 e. The Morgan fingerprint density at radius 3 is 2.39 bits per heavy atom. The summed E-state index contributed by atoms with van der Waals surface area (Å²) in [6.07, 6.45) is 5.07. The quantitative estimate of drug-likeness (QED) is 0.598. The predicted octanol–water partition coefficient (Wildman–Crippen LogP) is 5.97. The number of nitrogens with zero attached hydrogens (tertiary/aromatic N) is 1. The van der Waals surface area contributed by atoms with Crippen LogP contribution in [0.3, 0.4) is 0 Å². The van der Waals surface area contributed by atoms with Crippen LogP contribution in [0.15, 0.2) is 36.4 Å². The highest BCUT2D eigenvalue weighted by Crippen LogP contribution is 2.51. The van der Waals surface area contributed by atoms with Crippen LogP contribution in [0, 0.1) is 0 Å². The summed E-state index contributed by atoms with van der Waals surface area (Å²) in [6, 6.07) is 13.5. The van der Waals surface area contributed by atoms with Gasteiger partial charge in [0.05, 0.1) is 12.5 Å². The van der Waals surface area contributed by atoms with Crippen molar-refractivity contribution in [3.8, 4) is 16.9 Å². The Morgan fingerprint density at radius 1 is 1.13 bits per heavy atom. The van der Waals surface area contributed by atoms with Gasteiger partial charge in [-0.2, -0.15) is 0 Å². The molecule has 0 bridgehead atoms. The van der Waals surface area contributed by atoms with Crippen molar-refractivity contribution < 1.29 is 14.6 Å². The van der Waals surface area contributed by atoms with Crippen LogP contribution in [0.4, 0.5) is 0 Å². The molecule has 1 N–H and O–H groups in total. The van der Waals surface area contributed by atoms with Gasteiger partial charge in [0, 0.05) is 17.6 Å². The van der Waals surface area contributed by atoms with Crippen molar-refractivity contribution in [2.75, 3.05) is 7.05 Å². The summed E-state index contributed by atoms with van der Waals surface area (Å²) in [5, 5.41) is 9.06. The molecule has 1 unspecified atom stereocenters. The van der Waals surface area contributed by atoms with Crippen molar-refractivity contribution >= 4 is 5.97 Å². The molecule has 2 aliphatic carbocycles. The van der Waals surface area contributed by atoms with Gasteiger partial charge in [0.1, 0.15) is 5.75 Å². The Hall–Kier alpha value is -2.33. The Bertz CT molecular complexity index is 957. The van der Waals surface area contributed by atoms with Crippen LogP contribution in [-0.4, -0.2) is 35.2 Å². The molecule has 1 atom stereocenters. The first-order valence-corrected chi connectivity index (χ1v) is 11.5. The van der Waals surface area contributed by atoms with E-state index in [9.17, 15) is 4.79 Å². The van der Waals surface area contributed by atoms with Crippen molar-refractivity contribution in [3.63, 3.8) is 0 Å². The van der Waals surface area contributed by atoms with E-state index in [0.29, 0.717) is 12.1 Å². The number of hydrogen-bond donors (Lipinski definition) is 1. The Labute approximate surface area is 186 Å². The highest BCUT2D eigenvalue weighted by Gasteiger charge is 2.41. The van der Waals surface area contributed by atoms with Gasteiger partial charge in [-0.1, -0.05) is 44.2 Å². The van der Waals surface area contributed by atoms with Gasteiger partial charge in [0.25, 0.3) is 0 Å². The Balaban J connectivity index is 1.81. The number of carboxylic acid groups (broad SMARTS) is 1. The lowest BCUT2D eigenvalue weighted by Gasteiger charge is -2.42. The third kappa shape index (κ3) is 4.64. The molecule has 0 aliphatic heterocycles. The summed E-state index contributed by atoms with van der Waals surface area (Å²) in [5.74, 6) is 0.198. The summed E-state index contributed by atoms with van der Waals surface area (Å²) >= 11 is 0. The molecule has 166 valence electrons. The average Bonchev–Trinajstić information content (AvgIpc) is 3.53. The van der Waals surface area contributed by atoms with Crippen molar-refractivity contribution in [1.82, 2.24) is 4.90 Å². The molecule has 1 fully saturated rings. The number of ether oxygens (including phenoxy) is 1. The van der Waals surface area contributed by atoms with E-state index in [2.05, 4.69) is 51.8 Å². The molecule has 1 saturated carbocycles. The fourth-order valence-electron chi connectivity index (χ4n) is 4.96. The van der Waals surface area contributed by atoms with Crippen LogP contribution in [0.25, 0.3) is 11.1 Å². The fourth-order valence-corrected chi connectivity index (χ4v) is 4.96. The molecule has 4 heteroatoms. The zero-order valence-electron chi connectivity index (χ0n) is 19.4. The minimum Gasteiger partial charge on any atom is -0.491 e. The monoisotopic (exact) mass is 421 g/mol. The van der Waals surface area contributed by atoms with E-state index < -0.39 is 5.97 Å². The molecule has 2 aromatic rings. The van der Waals surface area contributed by atoms with Gasteiger partial charge >= 0.3 is 5.97 Å². The second kappa shape index (κ2) is 8.31. The first-order valence-electron chi connectivity index (χ1n) is 11.5. The molecular weight excluding hydrogens is 386 g/mol. The second-order valence-electron chi connectivity index (χ2n) is 10.2. The highest BCUT2D eigenvalue weighted by molar-refractivity contribution is 5.72. The van der Waals surface area contributed by atoms with Crippen molar-refractivity contribution in [1.29, 1.82) is 0 Å². The van der Waals surface area contributed by atoms with E-state index in [1.165, 1.54) is 24.0 Å². The molecule has 4 nitrogen and oxygen atoms in total. The average molecular weight is 422 g/mol. The molecule has 4 rings (SSSR count). The fraction of sp³-hybridized carbons (Fsp3) is 0.519. The van der Waals surface area contributed by atoms with Gasteiger partial charge in [-0.05, 0) is 80.3 Å². The van der Waals surface area contributed by atoms with Gasteiger partial charge < -0.3 is 9.84 Å². The van der Waals surface area contributed by atoms with Crippen molar-refractivity contribution in [2.45, 2.75) is 83.4 Å². The zero-order valence-corrected chi connectivity index (χ0v) is 19.4. The number of carbonyl (C=O) groups is 1. The minimum absolute atomic E-state index is 0.0500. The standard InChI is InChI=1S/C27H35NO3/c1-17(2)31-24-16-20(19-8-6-18(7-9-19)14-25(29)30)15-22-26(24)23(12-13-27(22,3)4)28(5)21-10-11-21/h6-9,15-17,21,23H,10-14H2,1-5H3,(H,29,30). The number of rotatable bonds is 7. The third-order valence-electron chi connectivity index (χ3n) is 6.87. The minimum atomic E-state index is -0.804. The highest BCUT2D eigenvalue weighted by atomic mass is 16.5. The molecule has 0 saturated heterocycles. The molecule has 31 heavy (non-hydrogen) atoms. The van der Waals surface area contributed by atoms with E-state index in [4.69, 9.17) is 9.84 Å². The second-order valence-corrected chi connectivity index (χ2v) is 10.2. The number of fused-ring (bicyclic) bond motifs is 1. The normalized spacial score (nSPS) is 20.0. The molecule has 0 spiro atoms. The number of aliphatic carboxylic acids is 1. The van der Waals surface area contributed by atoms with Crippen LogP contribution in [0.5, 0.6) is 5.75 Å². The molecule has 2 aromatic carbocycles. The van der Waals surface area contributed by atoms with Crippen LogP contribution >= 0.6 is 0 Å². The van der Waals surface area contributed by atoms with E-state index in [0.717, 1.165) is 35.3 Å². The SMILES string of the molecule is CC(C)Oc1cc(-c2ccc(CC(=O)O)cc2)cc2c1C(N(C)C1CC1)CCC2(C)C. The summed E-state index contributed by atoms with van der Waals surface area (Å²) in [5.41, 5.74) is 5.90. The molecule has 0 radical (unpaired) electrons. The van der Waals surface area contributed by atoms with E-state index in [-0.39, 0.29) is 17.9 Å². The predicted molar refractivity (Wildman–Crippen MR) is 125 cm³/mol. The molecule has 0 aromatic heterocycles. The molecule has 0 amide bonds. The van der Waals surface area contributed by atoms with Crippen molar-refractivity contribution in [2.24, 2.45) is 0 Å². The van der Waals surface area contributed by atoms with Crippen molar-refractivity contribution in [3.05, 3.63) is 53.1 Å². The van der Waals surface area contributed by atoms with E-state index >= 15 is 0 Å². The van der Waals surface area contributed by atoms with Gasteiger partial charge in [-0.15, -0.1) is 0 Å². The van der Waals surface area contributed by atoms with Gasteiger partial charge in [-0.3, -0.25) is 9.69 Å². The van der Waals surface area contributed by atoms with Crippen LogP contribution in [0.2, 0.25) is 0 Å². The first-order chi connectivity index (χ1) is 14.7. The van der Waals surface area contributed by atoms with E-state index in [1.807, 2.05) is 24.3 Å². The lowest BCUT2D eigenvalue weighted by Crippen LogP contribution is -2.35. The topological polar surface area (TPSA) is 49.8 Å². The number of hydrogen-bond acceptors (Lipinski definition) is 3. The zero-order chi connectivity index (χ0) is 22.3. The Morgan fingerprint density at radius 2 is 1.81 bits per heavy atom. The number of benzene rings is 2. The lowest BCUT2D eigenvalue weighted by atomic mass is 9.69. The van der Waals surface area contributed by atoms with Gasteiger partial charge in [-0.25, -0.2) is 0 Å². The summed E-state index contributed by atoms with van der Waals surface area (Å²) < 4.78 is 6.42. The molecule has 2 aliphatic rings. The Kier molecular flexibility index (Phi) is 5.87. The maximum absolute atomic E-state index is 11.0. The van der Waals surface area contributed by atoms with Crippen LogP contribution in [0.1, 0.15) is 76.1 Å². The molecule has 0 heterocycles. The lowest BCUT2D eigenvalue weighted by molar-refractivity contribution is -0.136. The maximum atomic E-state index is 11.0. The van der Waals surface area contributed by atoms with Gasteiger partial charge in [0.2, 0.25) is 0 Å². The smallest absolute Gasteiger partial charge is 0.307 e. The summed E-state index contributed by atoms with van der Waals surface area (Å²) in [6.45, 7) is 8.87. The van der Waals surface area contributed by atoms with E-state index in [1.54, 1.807) is 0 Å². The molecular formula is C27H35NO3. The first kappa shape index (κ1) is 21.9. The number of carboxylic acids is 1. The van der Waals surface area contributed by atoms with Gasteiger partial charge in [0.15, 0.2) is 0 Å². The largest absolute Gasteiger partial charge is 0.491 e. The summed E-state index contributed by atoms with van der Waals surface area (Å²) in [4.78, 5) is 13.6. The third-order valence-corrected chi connectivity index (χ3v) is 6.87. The van der Waals surface area contributed by atoms with Crippen LogP contribution in [-0.2, 0) is 16.6 Å².